The SMILES string of the molecule is Cc1ccc(SCCNC(=O)[C@H](C)Oc2cc(C)c(Cl)c(C)c2)cc1. The summed E-state index contributed by atoms with van der Waals surface area (Å²) in [5.41, 5.74) is 3.13. The third kappa shape index (κ3) is 5.98. The van der Waals surface area contributed by atoms with Gasteiger partial charge in [-0.1, -0.05) is 29.3 Å². The lowest BCUT2D eigenvalue weighted by Gasteiger charge is -2.16. The van der Waals surface area contributed by atoms with Crippen molar-refractivity contribution in [2.45, 2.75) is 38.7 Å². The van der Waals surface area contributed by atoms with Crippen LogP contribution in [-0.2, 0) is 4.79 Å². The molecule has 0 unspecified atom stereocenters. The summed E-state index contributed by atoms with van der Waals surface area (Å²) in [5.74, 6) is 1.37. The van der Waals surface area contributed by atoms with Crippen molar-refractivity contribution >= 4 is 29.3 Å². The maximum absolute atomic E-state index is 12.2. The molecule has 25 heavy (non-hydrogen) atoms. The van der Waals surface area contributed by atoms with Crippen LogP contribution in [0.2, 0.25) is 5.02 Å². The average Bonchev–Trinajstić information content (AvgIpc) is 2.57. The highest BCUT2D eigenvalue weighted by atomic mass is 35.5. The molecule has 0 aliphatic heterocycles. The molecule has 0 saturated heterocycles. The highest BCUT2D eigenvalue weighted by Gasteiger charge is 2.15. The Morgan fingerprint density at radius 2 is 1.76 bits per heavy atom. The van der Waals surface area contributed by atoms with E-state index < -0.39 is 6.10 Å². The number of carbonyl (C=O) groups excluding carboxylic acids is 1. The Morgan fingerprint density at radius 1 is 1.16 bits per heavy atom. The molecule has 5 heteroatoms. The number of benzene rings is 2. The van der Waals surface area contributed by atoms with Crippen LogP contribution in [0.25, 0.3) is 0 Å². The first-order valence-corrected chi connectivity index (χ1v) is 9.63. The summed E-state index contributed by atoms with van der Waals surface area (Å²) in [4.78, 5) is 13.4. The molecule has 3 nitrogen and oxygen atoms in total. The predicted molar refractivity (Wildman–Crippen MR) is 106 cm³/mol. The normalized spacial score (nSPS) is 11.9. The first kappa shape index (κ1) is 19.7. The van der Waals surface area contributed by atoms with Crippen LogP contribution in [0.15, 0.2) is 41.3 Å². The fraction of sp³-hybridized carbons (Fsp3) is 0.350. The Kier molecular flexibility index (Phi) is 7.21. The summed E-state index contributed by atoms with van der Waals surface area (Å²) in [6.45, 7) is 8.27. The predicted octanol–water partition coefficient (Wildman–Crippen LogP) is 4.94. The second-order valence-corrected chi connectivity index (χ2v) is 7.63. The second-order valence-electron chi connectivity index (χ2n) is 6.08. The van der Waals surface area contributed by atoms with E-state index in [4.69, 9.17) is 16.3 Å². The molecule has 0 bridgehead atoms. The van der Waals surface area contributed by atoms with Crippen LogP contribution in [0.3, 0.4) is 0 Å². The average molecular weight is 378 g/mol. The topological polar surface area (TPSA) is 38.3 Å². The van der Waals surface area contributed by atoms with E-state index in [-0.39, 0.29) is 5.91 Å². The molecule has 0 aliphatic rings. The van der Waals surface area contributed by atoms with E-state index in [1.165, 1.54) is 10.5 Å². The van der Waals surface area contributed by atoms with Crippen LogP contribution >= 0.6 is 23.4 Å². The van der Waals surface area contributed by atoms with Crippen LogP contribution < -0.4 is 10.1 Å². The summed E-state index contributed by atoms with van der Waals surface area (Å²) >= 11 is 7.88. The van der Waals surface area contributed by atoms with Crippen molar-refractivity contribution in [2.24, 2.45) is 0 Å². The number of hydrogen-bond donors (Lipinski definition) is 1. The van der Waals surface area contributed by atoms with Crippen LogP contribution in [0.5, 0.6) is 5.75 Å². The molecule has 0 aliphatic carbocycles. The molecule has 1 atom stereocenters. The van der Waals surface area contributed by atoms with Crippen molar-refractivity contribution in [1.29, 1.82) is 0 Å². The summed E-state index contributed by atoms with van der Waals surface area (Å²) in [6, 6.07) is 12.1. The Labute approximate surface area is 159 Å². The molecular weight excluding hydrogens is 354 g/mol. The van der Waals surface area contributed by atoms with E-state index in [1.54, 1.807) is 18.7 Å². The minimum atomic E-state index is -0.552. The Balaban J connectivity index is 1.77. The van der Waals surface area contributed by atoms with E-state index in [9.17, 15) is 4.79 Å². The fourth-order valence-corrected chi connectivity index (χ4v) is 3.23. The Morgan fingerprint density at radius 3 is 2.36 bits per heavy atom. The molecule has 1 N–H and O–H groups in total. The van der Waals surface area contributed by atoms with Crippen LogP contribution in [0.4, 0.5) is 0 Å². The molecule has 1 amide bonds. The monoisotopic (exact) mass is 377 g/mol. The van der Waals surface area contributed by atoms with Gasteiger partial charge in [-0.3, -0.25) is 4.79 Å². The molecule has 0 fully saturated rings. The van der Waals surface area contributed by atoms with Gasteiger partial charge in [-0.15, -0.1) is 11.8 Å². The summed E-state index contributed by atoms with van der Waals surface area (Å²) in [6.07, 6.45) is -0.552. The summed E-state index contributed by atoms with van der Waals surface area (Å²) in [5, 5.41) is 3.65. The third-order valence-electron chi connectivity index (χ3n) is 3.78. The number of ether oxygens (including phenoxy) is 1. The highest BCUT2D eigenvalue weighted by molar-refractivity contribution is 7.99. The quantitative estimate of drug-likeness (QED) is 0.548. The van der Waals surface area contributed by atoms with Crippen molar-refractivity contribution in [3.05, 3.63) is 58.1 Å². The van der Waals surface area contributed by atoms with Gasteiger partial charge in [-0.2, -0.15) is 0 Å². The minimum Gasteiger partial charge on any atom is -0.481 e. The standard InChI is InChI=1S/C20H24ClNO2S/c1-13-5-7-18(8-6-13)25-10-9-22-20(23)16(4)24-17-11-14(2)19(21)15(3)12-17/h5-8,11-12,16H,9-10H2,1-4H3,(H,22,23)/t16-/m0/s1. The van der Waals surface area contributed by atoms with Gasteiger partial charge in [0.15, 0.2) is 6.10 Å². The van der Waals surface area contributed by atoms with Gasteiger partial charge >= 0.3 is 0 Å². The number of thioether (sulfide) groups is 1. The zero-order chi connectivity index (χ0) is 18.4. The van der Waals surface area contributed by atoms with Gasteiger partial charge in [0.2, 0.25) is 0 Å². The fourth-order valence-electron chi connectivity index (χ4n) is 2.35. The van der Waals surface area contributed by atoms with Crippen molar-refractivity contribution < 1.29 is 9.53 Å². The molecule has 0 radical (unpaired) electrons. The lowest BCUT2D eigenvalue weighted by Crippen LogP contribution is -2.37. The maximum Gasteiger partial charge on any atom is 0.260 e. The minimum absolute atomic E-state index is 0.116. The van der Waals surface area contributed by atoms with Gasteiger partial charge in [-0.25, -0.2) is 0 Å². The first-order valence-electron chi connectivity index (χ1n) is 8.27. The van der Waals surface area contributed by atoms with Crippen molar-refractivity contribution in [1.82, 2.24) is 5.32 Å². The lowest BCUT2D eigenvalue weighted by molar-refractivity contribution is -0.127. The molecule has 2 aromatic carbocycles. The second kappa shape index (κ2) is 9.16. The van der Waals surface area contributed by atoms with E-state index in [1.807, 2.05) is 26.0 Å². The number of halogens is 1. The molecule has 0 heterocycles. The van der Waals surface area contributed by atoms with Crippen molar-refractivity contribution in [2.75, 3.05) is 12.3 Å². The summed E-state index contributed by atoms with van der Waals surface area (Å²) < 4.78 is 5.74. The Bertz CT molecular complexity index is 708. The summed E-state index contributed by atoms with van der Waals surface area (Å²) in [7, 11) is 0. The van der Waals surface area contributed by atoms with E-state index in [0.29, 0.717) is 12.3 Å². The van der Waals surface area contributed by atoms with E-state index >= 15 is 0 Å². The molecule has 2 rings (SSSR count). The Hall–Kier alpha value is -1.65. The zero-order valence-electron chi connectivity index (χ0n) is 15.1. The maximum atomic E-state index is 12.2. The number of nitrogens with one attached hydrogen (secondary N) is 1. The van der Waals surface area contributed by atoms with E-state index in [0.717, 1.165) is 21.9 Å². The first-order chi connectivity index (χ1) is 11.9. The highest BCUT2D eigenvalue weighted by Crippen LogP contribution is 2.26. The van der Waals surface area contributed by atoms with E-state index in [2.05, 4.69) is 36.5 Å². The zero-order valence-corrected chi connectivity index (χ0v) is 16.6. The van der Waals surface area contributed by atoms with Crippen LogP contribution in [-0.4, -0.2) is 24.3 Å². The smallest absolute Gasteiger partial charge is 0.260 e. The van der Waals surface area contributed by atoms with Gasteiger partial charge in [-0.05, 0) is 63.1 Å². The molecule has 0 spiro atoms. The van der Waals surface area contributed by atoms with Crippen LogP contribution in [0.1, 0.15) is 23.6 Å². The van der Waals surface area contributed by atoms with Crippen molar-refractivity contribution in [3.8, 4) is 5.75 Å². The number of hydrogen-bond acceptors (Lipinski definition) is 3. The number of aryl methyl sites for hydroxylation is 3. The van der Waals surface area contributed by atoms with Gasteiger partial charge in [0.05, 0.1) is 0 Å². The molecule has 0 aromatic heterocycles. The molecular formula is C20H24ClNO2S. The largest absolute Gasteiger partial charge is 0.481 e. The number of amides is 1. The van der Waals surface area contributed by atoms with Gasteiger partial charge in [0.25, 0.3) is 5.91 Å². The molecule has 0 saturated carbocycles. The lowest BCUT2D eigenvalue weighted by atomic mass is 10.1. The molecule has 2 aromatic rings. The molecule has 134 valence electrons. The number of carbonyl (C=O) groups is 1. The van der Waals surface area contributed by atoms with Gasteiger partial charge in [0.1, 0.15) is 5.75 Å². The number of rotatable bonds is 7. The van der Waals surface area contributed by atoms with Crippen molar-refractivity contribution in [3.63, 3.8) is 0 Å². The van der Waals surface area contributed by atoms with Gasteiger partial charge < -0.3 is 10.1 Å². The van der Waals surface area contributed by atoms with Crippen LogP contribution in [0, 0.1) is 20.8 Å². The van der Waals surface area contributed by atoms with Gasteiger partial charge in [0, 0.05) is 22.2 Å². The third-order valence-corrected chi connectivity index (χ3v) is 5.39.